The van der Waals surface area contributed by atoms with E-state index in [0.717, 1.165) is 41.6 Å². The number of hydrogen-bond donors (Lipinski definition) is 1. The predicted octanol–water partition coefficient (Wildman–Crippen LogP) is 2.59. The van der Waals surface area contributed by atoms with E-state index in [1.807, 2.05) is 36.4 Å². The van der Waals surface area contributed by atoms with Gasteiger partial charge in [0.25, 0.3) is 0 Å². The van der Waals surface area contributed by atoms with Crippen molar-refractivity contribution < 1.29 is 9.21 Å². The monoisotopic (exact) mass is 416 g/mol. The summed E-state index contributed by atoms with van der Waals surface area (Å²) in [4.78, 5) is 26.5. The second-order valence-electron chi connectivity index (χ2n) is 8.45. The average Bonchev–Trinajstić information content (AvgIpc) is 3.46. The Morgan fingerprint density at radius 2 is 2.00 bits per heavy atom. The second-order valence-corrected chi connectivity index (χ2v) is 8.45. The number of amides is 1. The summed E-state index contributed by atoms with van der Waals surface area (Å²) < 4.78 is 6.67. The van der Waals surface area contributed by atoms with Gasteiger partial charge in [-0.05, 0) is 48.2 Å². The minimum Gasteiger partial charge on any atom is -0.408 e. The summed E-state index contributed by atoms with van der Waals surface area (Å²) in [6.45, 7) is 0.986. The number of hydrogen-bond acceptors (Lipinski definition) is 5. The summed E-state index contributed by atoms with van der Waals surface area (Å²) in [5.41, 5.74) is 4.28. The Labute approximate surface area is 179 Å². The Bertz CT molecular complexity index is 1220. The number of nitrogens with zero attached hydrogens (tertiary/aromatic N) is 3. The van der Waals surface area contributed by atoms with Crippen LogP contribution in [0, 0.1) is 11.3 Å². The first-order valence-electron chi connectivity index (χ1n) is 10.7. The van der Waals surface area contributed by atoms with Gasteiger partial charge in [0.05, 0.1) is 11.6 Å². The fraction of sp³-hybridized carbons (Fsp3) is 0.375. The molecule has 0 bridgehead atoms. The first-order valence-corrected chi connectivity index (χ1v) is 10.7. The molecule has 1 aromatic heterocycles. The highest BCUT2D eigenvalue weighted by molar-refractivity contribution is 5.86. The number of nitrogens with one attached hydrogen (secondary N) is 1. The number of carbonyl (C=O) groups excluding carboxylic acids is 1. The number of aryl methyl sites for hydroxylation is 1. The quantitative estimate of drug-likeness (QED) is 0.646. The molecule has 1 amide bonds. The smallest absolute Gasteiger partial charge is 0.408 e. The van der Waals surface area contributed by atoms with Crippen molar-refractivity contribution in [1.29, 1.82) is 5.26 Å². The molecule has 2 aliphatic rings. The first-order chi connectivity index (χ1) is 15.0. The van der Waals surface area contributed by atoms with Crippen LogP contribution in [0.4, 0.5) is 0 Å². The molecule has 31 heavy (non-hydrogen) atoms. The highest BCUT2D eigenvalue weighted by atomic mass is 16.4. The van der Waals surface area contributed by atoms with E-state index in [-0.39, 0.29) is 17.7 Å². The number of carbonyl (C=O) groups is 1. The molecular weight excluding hydrogens is 392 g/mol. The summed E-state index contributed by atoms with van der Waals surface area (Å²) in [5.74, 6) is -0.400. The van der Waals surface area contributed by atoms with Crippen LogP contribution >= 0.6 is 0 Å². The zero-order valence-electron chi connectivity index (χ0n) is 17.4. The number of rotatable bonds is 5. The van der Waals surface area contributed by atoms with Crippen LogP contribution in [0.25, 0.3) is 22.2 Å². The molecule has 2 aliphatic heterocycles. The van der Waals surface area contributed by atoms with Gasteiger partial charge in [0.15, 0.2) is 5.58 Å². The molecule has 158 valence electrons. The zero-order valence-corrected chi connectivity index (χ0v) is 17.4. The molecular formula is C24H24N4O3. The van der Waals surface area contributed by atoms with E-state index in [0.29, 0.717) is 18.0 Å². The van der Waals surface area contributed by atoms with Crippen LogP contribution in [0.5, 0.6) is 0 Å². The number of benzene rings is 2. The van der Waals surface area contributed by atoms with Gasteiger partial charge in [-0.2, -0.15) is 5.26 Å². The molecule has 2 aromatic carbocycles. The van der Waals surface area contributed by atoms with Crippen LogP contribution in [-0.2, 0) is 18.3 Å². The Balaban J connectivity index is 1.26. The van der Waals surface area contributed by atoms with Crippen LogP contribution in [0.2, 0.25) is 0 Å². The molecule has 3 aromatic rings. The number of fused-ring (bicyclic) bond motifs is 2. The maximum absolute atomic E-state index is 12.6. The highest BCUT2D eigenvalue weighted by Gasteiger charge is 2.52. The maximum atomic E-state index is 12.6. The van der Waals surface area contributed by atoms with Crippen LogP contribution in [-0.4, -0.2) is 40.0 Å². The van der Waals surface area contributed by atoms with Crippen molar-refractivity contribution in [3.63, 3.8) is 0 Å². The van der Waals surface area contributed by atoms with Crippen molar-refractivity contribution in [2.24, 2.45) is 7.05 Å². The van der Waals surface area contributed by atoms with E-state index in [4.69, 9.17) is 4.42 Å². The third-order valence-corrected chi connectivity index (χ3v) is 6.48. The van der Waals surface area contributed by atoms with Gasteiger partial charge in [-0.1, -0.05) is 36.8 Å². The van der Waals surface area contributed by atoms with Gasteiger partial charge in [0.1, 0.15) is 12.1 Å². The predicted molar refractivity (Wildman–Crippen MR) is 116 cm³/mol. The molecule has 7 heteroatoms. The summed E-state index contributed by atoms with van der Waals surface area (Å²) >= 11 is 0. The van der Waals surface area contributed by atoms with Gasteiger partial charge in [0, 0.05) is 19.5 Å². The molecule has 0 radical (unpaired) electrons. The molecule has 3 heterocycles. The molecule has 2 fully saturated rings. The van der Waals surface area contributed by atoms with E-state index in [9.17, 15) is 14.9 Å². The standard InChI is InChI=1S/C24H24N4O3/c1-27-20-13-17(9-10-21(20)31-24(27)30)16-7-5-15(6-8-16)12-18(14-25)26-23(29)22-19-4-2-3-11-28(19)22/h5-10,13,18-19,22H,2-4,11-12H2,1H3,(H,26,29)/t18-,19?,22?,28?/m0/s1. The number of nitriles is 1. The minimum atomic E-state index is -0.543. The molecule has 7 nitrogen and oxygen atoms in total. The molecule has 4 atom stereocenters. The Morgan fingerprint density at radius 3 is 2.71 bits per heavy atom. The van der Waals surface area contributed by atoms with Gasteiger partial charge in [-0.15, -0.1) is 0 Å². The third-order valence-electron chi connectivity index (χ3n) is 6.48. The van der Waals surface area contributed by atoms with Crippen LogP contribution < -0.4 is 11.1 Å². The summed E-state index contributed by atoms with van der Waals surface area (Å²) in [7, 11) is 1.69. The molecule has 2 saturated heterocycles. The van der Waals surface area contributed by atoms with Gasteiger partial charge in [0.2, 0.25) is 5.91 Å². The molecule has 1 N–H and O–H groups in total. The van der Waals surface area contributed by atoms with E-state index in [1.165, 1.54) is 11.0 Å². The fourth-order valence-electron chi connectivity index (χ4n) is 4.69. The molecule has 3 unspecified atom stereocenters. The SMILES string of the molecule is Cn1c(=O)oc2ccc(-c3ccc(C[C@@H](C#N)NC(=O)C4C5CCCCN54)cc3)cc21. The average molecular weight is 416 g/mol. The Hall–Kier alpha value is -3.37. The summed E-state index contributed by atoms with van der Waals surface area (Å²) in [5, 5.41) is 12.5. The fourth-order valence-corrected chi connectivity index (χ4v) is 4.69. The van der Waals surface area contributed by atoms with Crippen LogP contribution in [0.1, 0.15) is 24.8 Å². The summed E-state index contributed by atoms with van der Waals surface area (Å²) in [6.07, 6.45) is 3.88. The van der Waals surface area contributed by atoms with Gasteiger partial charge < -0.3 is 9.73 Å². The van der Waals surface area contributed by atoms with Crippen LogP contribution in [0.15, 0.2) is 51.7 Å². The van der Waals surface area contributed by atoms with Crippen LogP contribution in [0.3, 0.4) is 0 Å². The van der Waals surface area contributed by atoms with Gasteiger partial charge in [-0.3, -0.25) is 14.3 Å². The van der Waals surface area contributed by atoms with E-state index in [2.05, 4.69) is 16.3 Å². The molecule has 0 saturated carbocycles. The van der Waals surface area contributed by atoms with E-state index in [1.54, 1.807) is 13.1 Å². The number of aromatic nitrogens is 1. The number of piperidine rings is 1. The lowest BCUT2D eigenvalue weighted by Gasteiger charge is -2.12. The zero-order chi connectivity index (χ0) is 21.5. The first kappa shape index (κ1) is 19.6. The van der Waals surface area contributed by atoms with Crippen molar-refractivity contribution in [2.75, 3.05) is 6.54 Å². The normalized spacial score (nSPS) is 23.0. The lowest BCUT2D eigenvalue weighted by Crippen LogP contribution is -2.39. The van der Waals surface area contributed by atoms with E-state index < -0.39 is 6.04 Å². The topological polar surface area (TPSA) is 91.0 Å². The number of oxazole rings is 1. The van der Waals surface area contributed by atoms with Crippen molar-refractivity contribution in [2.45, 2.75) is 43.8 Å². The van der Waals surface area contributed by atoms with Gasteiger partial charge in [-0.25, -0.2) is 4.79 Å². The lowest BCUT2D eigenvalue weighted by molar-refractivity contribution is -0.121. The molecule has 0 spiro atoms. The van der Waals surface area contributed by atoms with Gasteiger partial charge >= 0.3 is 5.76 Å². The van der Waals surface area contributed by atoms with E-state index >= 15 is 0 Å². The largest absolute Gasteiger partial charge is 0.419 e. The van der Waals surface area contributed by atoms with Crippen molar-refractivity contribution in [3.8, 4) is 17.2 Å². The van der Waals surface area contributed by atoms with Crippen molar-refractivity contribution in [1.82, 2.24) is 14.8 Å². The van der Waals surface area contributed by atoms with Crippen molar-refractivity contribution in [3.05, 3.63) is 58.6 Å². The summed E-state index contributed by atoms with van der Waals surface area (Å²) in [6, 6.07) is 15.6. The minimum absolute atomic E-state index is 0.0194. The van der Waals surface area contributed by atoms with Crippen molar-refractivity contribution >= 4 is 17.0 Å². The maximum Gasteiger partial charge on any atom is 0.419 e. The lowest BCUT2D eigenvalue weighted by atomic mass is 10.0. The molecule has 5 rings (SSSR count). The Kier molecular flexibility index (Phi) is 4.87. The Morgan fingerprint density at radius 1 is 1.23 bits per heavy atom. The molecule has 0 aliphatic carbocycles. The highest BCUT2D eigenvalue weighted by Crippen LogP contribution is 2.36. The third kappa shape index (κ3) is 3.64. The second kappa shape index (κ2) is 7.71.